The van der Waals surface area contributed by atoms with E-state index in [2.05, 4.69) is 4.98 Å². The maximum absolute atomic E-state index is 11.9. The highest BCUT2D eigenvalue weighted by Gasteiger charge is 2.09. The van der Waals surface area contributed by atoms with Crippen LogP contribution in [0.3, 0.4) is 0 Å². The fourth-order valence-electron chi connectivity index (χ4n) is 1.81. The molecule has 0 fully saturated rings. The Balaban J connectivity index is 2.10. The van der Waals surface area contributed by atoms with Gasteiger partial charge in [0.15, 0.2) is 0 Å². The Morgan fingerprint density at radius 2 is 2.11 bits per heavy atom. The van der Waals surface area contributed by atoms with E-state index in [1.807, 2.05) is 28.8 Å². The van der Waals surface area contributed by atoms with Crippen molar-refractivity contribution in [3.05, 3.63) is 30.1 Å². The molecule has 0 bridgehead atoms. The van der Waals surface area contributed by atoms with Gasteiger partial charge in [0.2, 0.25) is 0 Å². The monoisotopic (exact) mass is 274 g/mol. The van der Waals surface area contributed by atoms with Crippen LogP contribution in [0.5, 0.6) is 0 Å². The highest BCUT2D eigenvalue weighted by molar-refractivity contribution is 6.16. The van der Waals surface area contributed by atoms with Crippen LogP contribution in [0.15, 0.2) is 24.3 Å². The first-order valence-electron chi connectivity index (χ1n) is 5.58. The number of hydrogen-bond donors (Lipinski definition) is 0. The van der Waals surface area contributed by atoms with E-state index in [1.54, 1.807) is 0 Å². The molecule has 3 nitrogen and oxygen atoms in total. The molecule has 6 heteroatoms. The fourth-order valence-corrected chi connectivity index (χ4v) is 2.01. The smallest absolute Gasteiger partial charge is 0.261 e. The lowest BCUT2D eigenvalue weighted by Crippen LogP contribution is -2.12. The van der Waals surface area contributed by atoms with E-state index in [0.717, 1.165) is 16.9 Å². The zero-order valence-electron chi connectivity index (χ0n) is 9.65. The van der Waals surface area contributed by atoms with Crippen molar-refractivity contribution in [1.82, 2.24) is 9.55 Å². The lowest BCUT2D eigenvalue weighted by Gasteiger charge is -2.08. The van der Waals surface area contributed by atoms with Gasteiger partial charge in [-0.2, -0.15) is 0 Å². The molecule has 2 aromatic rings. The largest absolute Gasteiger partial charge is 0.374 e. The van der Waals surface area contributed by atoms with Gasteiger partial charge in [0.25, 0.3) is 6.43 Å². The maximum atomic E-state index is 11.9. The lowest BCUT2D eigenvalue weighted by molar-refractivity contribution is 0.0149. The molecule has 0 aliphatic rings. The summed E-state index contributed by atoms with van der Waals surface area (Å²) in [5.41, 5.74) is 1.79. The van der Waals surface area contributed by atoms with Gasteiger partial charge in [-0.3, -0.25) is 0 Å². The quantitative estimate of drug-likeness (QED) is 0.598. The van der Waals surface area contributed by atoms with Gasteiger partial charge >= 0.3 is 0 Å². The normalized spacial score (nSPS) is 11.6. The summed E-state index contributed by atoms with van der Waals surface area (Å²) in [7, 11) is 0. The number of alkyl halides is 3. The molecule has 18 heavy (non-hydrogen) atoms. The first kappa shape index (κ1) is 13.2. The van der Waals surface area contributed by atoms with Gasteiger partial charge in [-0.15, -0.1) is 11.6 Å². The second-order valence-electron chi connectivity index (χ2n) is 3.77. The van der Waals surface area contributed by atoms with E-state index in [0.29, 0.717) is 6.54 Å². The standard InChI is InChI=1S/C12H13ClF2N2O/c13-7-12-16-9-3-1-2-4-10(9)17(12)5-6-18-8-11(14)15/h1-4,11H,5-8H2. The number of nitrogens with zero attached hydrogens (tertiary/aromatic N) is 2. The van der Waals surface area contributed by atoms with Gasteiger partial charge in [0.1, 0.15) is 12.4 Å². The third kappa shape index (κ3) is 2.97. The average molecular weight is 275 g/mol. The summed E-state index contributed by atoms with van der Waals surface area (Å²) in [6.07, 6.45) is -2.43. The Morgan fingerprint density at radius 3 is 2.83 bits per heavy atom. The summed E-state index contributed by atoms with van der Waals surface area (Å²) in [4.78, 5) is 4.37. The molecule has 1 aromatic heterocycles. The van der Waals surface area contributed by atoms with Crippen molar-refractivity contribution in [3.63, 3.8) is 0 Å². The van der Waals surface area contributed by atoms with Crippen LogP contribution in [0.4, 0.5) is 8.78 Å². The molecule has 0 radical (unpaired) electrons. The molecule has 2 rings (SSSR count). The fraction of sp³-hybridized carbons (Fsp3) is 0.417. The van der Waals surface area contributed by atoms with E-state index in [9.17, 15) is 8.78 Å². The minimum atomic E-state index is -2.43. The minimum absolute atomic E-state index is 0.217. The number of fused-ring (bicyclic) bond motifs is 1. The van der Waals surface area contributed by atoms with Crippen LogP contribution in [0.25, 0.3) is 11.0 Å². The molecule has 0 N–H and O–H groups in total. The number of halogens is 3. The highest BCUT2D eigenvalue weighted by atomic mass is 35.5. The van der Waals surface area contributed by atoms with Crippen LogP contribution in [-0.4, -0.2) is 29.2 Å². The summed E-state index contributed by atoms with van der Waals surface area (Å²) in [5, 5.41) is 0. The molecule has 1 aromatic carbocycles. The van der Waals surface area contributed by atoms with Gasteiger partial charge in [-0.1, -0.05) is 12.1 Å². The van der Waals surface area contributed by atoms with Crippen molar-refractivity contribution in [2.24, 2.45) is 0 Å². The second kappa shape index (κ2) is 6.11. The summed E-state index contributed by atoms with van der Waals surface area (Å²) in [6, 6.07) is 7.61. The number of imidazole rings is 1. The van der Waals surface area contributed by atoms with Crippen molar-refractivity contribution < 1.29 is 13.5 Å². The minimum Gasteiger partial charge on any atom is -0.374 e. The predicted molar refractivity (Wildman–Crippen MR) is 66.1 cm³/mol. The van der Waals surface area contributed by atoms with Crippen molar-refractivity contribution in [2.45, 2.75) is 18.9 Å². The zero-order chi connectivity index (χ0) is 13.0. The van der Waals surface area contributed by atoms with E-state index in [-0.39, 0.29) is 12.5 Å². The number of rotatable bonds is 6. The first-order chi connectivity index (χ1) is 8.72. The molecular formula is C12H13ClF2N2O. The van der Waals surface area contributed by atoms with Crippen LogP contribution < -0.4 is 0 Å². The molecule has 0 unspecified atom stereocenters. The number of aromatic nitrogens is 2. The molecular weight excluding hydrogens is 262 g/mol. The lowest BCUT2D eigenvalue weighted by atomic mass is 10.3. The van der Waals surface area contributed by atoms with Crippen molar-refractivity contribution in [2.75, 3.05) is 13.2 Å². The Labute approximate surface area is 108 Å². The van der Waals surface area contributed by atoms with Crippen LogP contribution >= 0.6 is 11.6 Å². The van der Waals surface area contributed by atoms with Crippen LogP contribution in [0.2, 0.25) is 0 Å². The van der Waals surface area contributed by atoms with Gasteiger partial charge in [-0.05, 0) is 12.1 Å². The third-order valence-electron chi connectivity index (χ3n) is 2.56. The Morgan fingerprint density at radius 1 is 1.33 bits per heavy atom. The van der Waals surface area contributed by atoms with Crippen molar-refractivity contribution >= 4 is 22.6 Å². The summed E-state index contributed by atoms with van der Waals surface area (Å²) in [5.74, 6) is 1.00. The number of hydrogen-bond acceptors (Lipinski definition) is 2. The van der Waals surface area contributed by atoms with Crippen LogP contribution in [0, 0.1) is 0 Å². The molecule has 0 saturated heterocycles. The summed E-state index contributed by atoms with van der Waals surface area (Å²) in [6.45, 7) is 0.146. The summed E-state index contributed by atoms with van der Waals surface area (Å²) < 4.78 is 30.6. The Hall–Kier alpha value is -1.20. The topological polar surface area (TPSA) is 27.1 Å². The van der Waals surface area contributed by atoms with Gasteiger partial charge in [-0.25, -0.2) is 13.8 Å². The number of para-hydroxylation sites is 2. The molecule has 0 aliphatic carbocycles. The molecule has 1 heterocycles. The van der Waals surface area contributed by atoms with E-state index in [4.69, 9.17) is 16.3 Å². The number of benzene rings is 1. The number of ether oxygens (including phenoxy) is 1. The molecule has 0 aliphatic heterocycles. The molecule has 0 saturated carbocycles. The average Bonchev–Trinajstić information content (AvgIpc) is 2.72. The SMILES string of the molecule is FC(F)COCCn1c(CCl)nc2ccccc21. The van der Waals surface area contributed by atoms with Crippen LogP contribution in [-0.2, 0) is 17.2 Å². The molecule has 0 atom stereocenters. The second-order valence-corrected chi connectivity index (χ2v) is 4.04. The highest BCUT2D eigenvalue weighted by Crippen LogP contribution is 2.17. The van der Waals surface area contributed by atoms with E-state index < -0.39 is 13.0 Å². The third-order valence-corrected chi connectivity index (χ3v) is 2.80. The van der Waals surface area contributed by atoms with E-state index in [1.165, 1.54) is 0 Å². The Bertz CT molecular complexity index is 516. The predicted octanol–water partition coefficient (Wildman–Crippen LogP) is 3.06. The molecule has 0 amide bonds. The van der Waals surface area contributed by atoms with Gasteiger partial charge < -0.3 is 9.30 Å². The van der Waals surface area contributed by atoms with Gasteiger partial charge in [0, 0.05) is 6.54 Å². The maximum Gasteiger partial charge on any atom is 0.261 e. The van der Waals surface area contributed by atoms with Crippen molar-refractivity contribution in [1.29, 1.82) is 0 Å². The van der Waals surface area contributed by atoms with Crippen LogP contribution in [0.1, 0.15) is 5.82 Å². The molecule has 0 spiro atoms. The summed E-state index contributed by atoms with van der Waals surface area (Å²) >= 11 is 5.82. The molecule has 98 valence electrons. The van der Waals surface area contributed by atoms with Gasteiger partial charge in [0.05, 0.1) is 23.5 Å². The Kier molecular flexibility index (Phi) is 4.49. The van der Waals surface area contributed by atoms with Crippen molar-refractivity contribution in [3.8, 4) is 0 Å². The first-order valence-corrected chi connectivity index (χ1v) is 6.12. The zero-order valence-corrected chi connectivity index (χ0v) is 10.4. The van der Waals surface area contributed by atoms with E-state index >= 15 is 0 Å².